The van der Waals surface area contributed by atoms with Gasteiger partial charge in [0.1, 0.15) is 22.6 Å². The molecule has 0 atom stereocenters. The van der Waals surface area contributed by atoms with Crippen LogP contribution in [0, 0.1) is 0 Å². The van der Waals surface area contributed by atoms with Gasteiger partial charge in [-0.25, -0.2) is 9.59 Å². The van der Waals surface area contributed by atoms with Crippen molar-refractivity contribution < 1.29 is 28.2 Å². The Labute approximate surface area is 124 Å². The van der Waals surface area contributed by atoms with Crippen molar-refractivity contribution in [2.24, 2.45) is 0 Å². The van der Waals surface area contributed by atoms with Crippen LogP contribution >= 0.6 is 12.3 Å². The lowest BCUT2D eigenvalue weighted by Crippen LogP contribution is -2.04. The molecule has 0 aromatic heterocycles. The molecule has 2 N–H and O–H groups in total. The molecule has 7 heteroatoms. The topological polar surface area (TPSA) is 93.1 Å². The van der Waals surface area contributed by atoms with Crippen LogP contribution in [0.25, 0.3) is 0 Å². The summed E-state index contributed by atoms with van der Waals surface area (Å²) in [5.74, 6) is -2.20. The van der Waals surface area contributed by atoms with Crippen molar-refractivity contribution >= 4 is 24.3 Å². The van der Waals surface area contributed by atoms with Crippen molar-refractivity contribution in [2.45, 2.75) is 0 Å². The van der Waals surface area contributed by atoms with Crippen molar-refractivity contribution in [3.8, 4) is 11.5 Å². The van der Waals surface area contributed by atoms with Crippen LogP contribution in [0.3, 0.4) is 0 Å². The van der Waals surface area contributed by atoms with E-state index < -0.39 is 11.9 Å². The largest absolute Gasteiger partial charge is 0.507 e. The van der Waals surface area contributed by atoms with Crippen molar-refractivity contribution in [1.82, 2.24) is 0 Å². The summed E-state index contributed by atoms with van der Waals surface area (Å²) in [6.07, 6.45) is 0. The molecule has 0 aliphatic carbocycles. The van der Waals surface area contributed by atoms with Crippen LogP contribution in [0.2, 0.25) is 0 Å². The van der Waals surface area contributed by atoms with E-state index in [1.54, 1.807) is 24.3 Å². The third-order valence-corrected chi connectivity index (χ3v) is 2.91. The average molecular weight is 306 g/mol. The molecule has 0 amide bonds. The molecule has 21 heavy (non-hydrogen) atoms. The summed E-state index contributed by atoms with van der Waals surface area (Å²) in [4.78, 5) is 23.2. The van der Waals surface area contributed by atoms with Crippen LogP contribution in [0.1, 0.15) is 20.7 Å². The van der Waals surface area contributed by atoms with Gasteiger partial charge in [-0.2, -0.15) is 0 Å². The fourth-order valence-corrected chi connectivity index (χ4v) is 1.80. The number of carbonyl (C=O) groups is 2. The third-order valence-electron chi connectivity index (χ3n) is 2.47. The molecule has 2 rings (SSSR count). The predicted octanol–water partition coefficient (Wildman–Crippen LogP) is 2.67. The minimum Gasteiger partial charge on any atom is -0.507 e. The quantitative estimate of drug-likeness (QED) is 0.839. The summed E-state index contributed by atoms with van der Waals surface area (Å²) in [5.41, 5.74) is -0.104. The Balaban J connectivity index is 1.90. The van der Waals surface area contributed by atoms with Gasteiger partial charge in [-0.05, 0) is 24.3 Å². The maximum Gasteiger partial charge on any atom is 0.356 e. The van der Waals surface area contributed by atoms with Gasteiger partial charge in [0.25, 0.3) is 12.3 Å². The Hall–Kier alpha value is -2.67. The highest BCUT2D eigenvalue weighted by molar-refractivity contribution is 7.90. The van der Waals surface area contributed by atoms with E-state index >= 15 is 0 Å². The minimum absolute atomic E-state index is 0.0522. The molecule has 0 saturated carbocycles. The van der Waals surface area contributed by atoms with Crippen LogP contribution in [0.4, 0.5) is 0 Å². The number of benzene rings is 2. The first-order valence-corrected chi connectivity index (χ1v) is 6.42. The first-order valence-electron chi connectivity index (χ1n) is 5.75. The van der Waals surface area contributed by atoms with Crippen molar-refractivity contribution in [3.05, 3.63) is 59.7 Å². The van der Waals surface area contributed by atoms with Crippen molar-refractivity contribution in [3.63, 3.8) is 0 Å². The second-order valence-electron chi connectivity index (χ2n) is 3.84. The van der Waals surface area contributed by atoms with E-state index in [1.807, 2.05) is 0 Å². The van der Waals surface area contributed by atoms with Crippen LogP contribution < -0.4 is 0 Å². The summed E-state index contributed by atoms with van der Waals surface area (Å²) in [7, 11) is 0. The molecule has 6 nitrogen and oxygen atoms in total. The van der Waals surface area contributed by atoms with Gasteiger partial charge in [0.05, 0.1) is 0 Å². The lowest BCUT2D eigenvalue weighted by Gasteiger charge is -2.05. The molecular formula is C14H10O6S. The first kappa shape index (κ1) is 14.7. The highest BCUT2D eigenvalue weighted by Gasteiger charge is 2.16. The van der Waals surface area contributed by atoms with Crippen LogP contribution in [0.5, 0.6) is 11.5 Å². The second kappa shape index (κ2) is 6.67. The lowest BCUT2D eigenvalue weighted by molar-refractivity contribution is 0.0700. The summed E-state index contributed by atoms with van der Waals surface area (Å²) in [6, 6.07) is 11.6. The summed E-state index contributed by atoms with van der Waals surface area (Å²) >= 11 is 0.155. The molecule has 0 heterocycles. The van der Waals surface area contributed by atoms with Gasteiger partial charge in [-0.15, -0.1) is 0 Å². The number of carbonyl (C=O) groups excluding carboxylic acids is 2. The number of hydrogen-bond donors (Lipinski definition) is 2. The zero-order valence-electron chi connectivity index (χ0n) is 10.6. The fourth-order valence-electron chi connectivity index (χ4n) is 1.46. The SMILES string of the molecule is O=C(OSOC(=O)c1ccccc1O)c1ccccc1O. The third kappa shape index (κ3) is 3.67. The molecule has 108 valence electrons. The number of hydrogen-bond acceptors (Lipinski definition) is 7. The number of phenolic OH excluding ortho intramolecular Hbond substituents is 2. The molecule has 0 spiro atoms. The monoisotopic (exact) mass is 306 g/mol. The van der Waals surface area contributed by atoms with Crippen LogP contribution in [-0.4, -0.2) is 22.2 Å². The molecular weight excluding hydrogens is 296 g/mol. The maximum atomic E-state index is 11.6. The number of para-hydroxylation sites is 2. The standard InChI is InChI=1S/C14H10O6S/c15-11-7-3-1-5-9(11)13(17)19-21-20-14(18)10-6-2-4-8-12(10)16/h1-8,15-16H. The van der Waals surface area contributed by atoms with E-state index in [4.69, 9.17) is 0 Å². The zero-order chi connectivity index (χ0) is 15.2. The smallest absolute Gasteiger partial charge is 0.356 e. The molecule has 0 fully saturated rings. The highest BCUT2D eigenvalue weighted by atomic mass is 32.2. The van der Waals surface area contributed by atoms with Gasteiger partial charge >= 0.3 is 11.9 Å². The Morgan fingerprint density at radius 1 is 0.762 bits per heavy atom. The van der Waals surface area contributed by atoms with E-state index in [0.29, 0.717) is 0 Å². The van der Waals surface area contributed by atoms with Gasteiger partial charge in [-0.1, -0.05) is 24.3 Å². The normalized spacial score (nSPS) is 9.90. The van der Waals surface area contributed by atoms with Gasteiger partial charge in [0.2, 0.25) is 0 Å². The predicted molar refractivity (Wildman–Crippen MR) is 74.6 cm³/mol. The summed E-state index contributed by atoms with van der Waals surface area (Å²) < 4.78 is 9.27. The second-order valence-corrected chi connectivity index (χ2v) is 4.31. The highest BCUT2D eigenvalue weighted by Crippen LogP contribution is 2.22. The van der Waals surface area contributed by atoms with E-state index in [1.165, 1.54) is 24.3 Å². The van der Waals surface area contributed by atoms with E-state index in [-0.39, 0.29) is 34.9 Å². The zero-order valence-corrected chi connectivity index (χ0v) is 11.4. The summed E-state index contributed by atoms with van der Waals surface area (Å²) in [5, 5.41) is 18.9. The van der Waals surface area contributed by atoms with Crippen LogP contribution in [0.15, 0.2) is 48.5 Å². The molecule has 0 unspecified atom stereocenters. The number of aromatic hydroxyl groups is 2. The molecule has 0 radical (unpaired) electrons. The Bertz CT molecular complexity index is 613. The number of rotatable bonds is 4. The van der Waals surface area contributed by atoms with Gasteiger partial charge in [-0.3, -0.25) is 0 Å². The van der Waals surface area contributed by atoms with E-state index in [0.717, 1.165) is 0 Å². The molecule has 2 aromatic carbocycles. The minimum atomic E-state index is -0.858. The van der Waals surface area contributed by atoms with Gasteiger partial charge in [0, 0.05) is 0 Å². The Morgan fingerprint density at radius 2 is 1.14 bits per heavy atom. The van der Waals surface area contributed by atoms with E-state index in [2.05, 4.69) is 8.37 Å². The molecule has 2 aromatic rings. The average Bonchev–Trinajstić information content (AvgIpc) is 2.48. The van der Waals surface area contributed by atoms with Gasteiger partial charge < -0.3 is 18.6 Å². The molecule has 0 aliphatic heterocycles. The molecule has 0 bridgehead atoms. The van der Waals surface area contributed by atoms with Crippen molar-refractivity contribution in [2.75, 3.05) is 0 Å². The Morgan fingerprint density at radius 3 is 1.52 bits per heavy atom. The number of phenols is 2. The van der Waals surface area contributed by atoms with Gasteiger partial charge in [0.15, 0.2) is 0 Å². The molecule has 0 aliphatic rings. The first-order chi connectivity index (χ1) is 10.1. The summed E-state index contributed by atoms with van der Waals surface area (Å²) in [6.45, 7) is 0. The van der Waals surface area contributed by atoms with Crippen LogP contribution in [-0.2, 0) is 8.37 Å². The van der Waals surface area contributed by atoms with Crippen molar-refractivity contribution in [1.29, 1.82) is 0 Å². The molecule has 0 saturated heterocycles. The lowest BCUT2D eigenvalue weighted by atomic mass is 10.2. The Kier molecular flexibility index (Phi) is 4.68. The van der Waals surface area contributed by atoms with E-state index in [9.17, 15) is 19.8 Å². The fraction of sp³-hybridized carbons (Fsp3) is 0. The maximum absolute atomic E-state index is 11.6.